The summed E-state index contributed by atoms with van der Waals surface area (Å²) in [6, 6.07) is 3.69. The van der Waals surface area contributed by atoms with Crippen molar-refractivity contribution in [2.45, 2.75) is 26.2 Å². The number of carbonyl (C=O) groups excluding carboxylic acids is 1. The molecular formula is C13H19N3O. The molecule has 0 spiro atoms. The Labute approximate surface area is 102 Å². The third-order valence-corrected chi connectivity index (χ3v) is 3.55. The lowest BCUT2D eigenvalue weighted by Crippen LogP contribution is -2.47. The van der Waals surface area contributed by atoms with E-state index in [0.29, 0.717) is 0 Å². The lowest BCUT2D eigenvalue weighted by Gasteiger charge is -2.35. The molecule has 2 heterocycles. The van der Waals surface area contributed by atoms with Crippen LogP contribution in [-0.2, 0) is 4.79 Å². The number of nitrogens with one attached hydrogen (secondary N) is 2. The Morgan fingerprint density at radius 2 is 2.53 bits per heavy atom. The summed E-state index contributed by atoms with van der Waals surface area (Å²) in [5.41, 5.74) is 0.518. The zero-order chi connectivity index (χ0) is 12.1. The van der Waals surface area contributed by atoms with Crippen LogP contribution in [0.5, 0.6) is 0 Å². The van der Waals surface area contributed by atoms with Crippen molar-refractivity contribution in [1.29, 1.82) is 0 Å². The molecule has 4 heteroatoms. The minimum atomic E-state index is -0.256. The van der Waals surface area contributed by atoms with E-state index in [1.165, 1.54) is 0 Å². The predicted octanol–water partition coefficient (Wildman–Crippen LogP) is 1.80. The topological polar surface area (TPSA) is 54.0 Å². The highest BCUT2D eigenvalue weighted by Gasteiger charge is 2.37. The van der Waals surface area contributed by atoms with Crippen LogP contribution in [0.25, 0.3) is 0 Å². The fourth-order valence-electron chi connectivity index (χ4n) is 2.32. The zero-order valence-electron chi connectivity index (χ0n) is 10.2. The molecule has 1 saturated heterocycles. The molecule has 2 N–H and O–H groups in total. The van der Waals surface area contributed by atoms with Gasteiger partial charge in [-0.2, -0.15) is 0 Å². The summed E-state index contributed by atoms with van der Waals surface area (Å²) >= 11 is 0. The van der Waals surface area contributed by atoms with Gasteiger partial charge in [-0.05, 0) is 37.9 Å². The Morgan fingerprint density at radius 1 is 1.65 bits per heavy atom. The Kier molecular flexibility index (Phi) is 3.74. The Balaban J connectivity index is 2.07. The number of piperidine rings is 1. The molecule has 1 atom stereocenters. The van der Waals surface area contributed by atoms with Gasteiger partial charge >= 0.3 is 0 Å². The monoisotopic (exact) mass is 233 g/mol. The second-order valence-corrected chi connectivity index (χ2v) is 4.61. The Hall–Kier alpha value is -1.42. The molecular weight excluding hydrogens is 214 g/mol. The fourth-order valence-corrected chi connectivity index (χ4v) is 2.32. The van der Waals surface area contributed by atoms with Crippen molar-refractivity contribution >= 4 is 11.6 Å². The molecule has 0 saturated carbocycles. The molecule has 0 bridgehead atoms. The average Bonchev–Trinajstić information content (AvgIpc) is 2.40. The van der Waals surface area contributed by atoms with Gasteiger partial charge in [-0.25, -0.2) is 0 Å². The van der Waals surface area contributed by atoms with Gasteiger partial charge in [0.2, 0.25) is 5.91 Å². The van der Waals surface area contributed by atoms with E-state index in [0.717, 1.165) is 38.0 Å². The summed E-state index contributed by atoms with van der Waals surface area (Å²) in [7, 11) is 0. The Morgan fingerprint density at radius 3 is 3.12 bits per heavy atom. The van der Waals surface area contributed by atoms with Crippen LogP contribution < -0.4 is 10.6 Å². The quantitative estimate of drug-likeness (QED) is 0.837. The van der Waals surface area contributed by atoms with Gasteiger partial charge in [0.15, 0.2) is 0 Å². The van der Waals surface area contributed by atoms with Crippen molar-refractivity contribution in [1.82, 2.24) is 10.3 Å². The largest absolute Gasteiger partial charge is 0.324 e. The van der Waals surface area contributed by atoms with Crippen molar-refractivity contribution in [3.8, 4) is 0 Å². The van der Waals surface area contributed by atoms with E-state index >= 15 is 0 Å². The van der Waals surface area contributed by atoms with Gasteiger partial charge < -0.3 is 10.6 Å². The maximum absolute atomic E-state index is 12.3. The van der Waals surface area contributed by atoms with Crippen LogP contribution in [0.2, 0.25) is 0 Å². The highest BCUT2D eigenvalue weighted by molar-refractivity contribution is 5.95. The normalized spacial score (nSPS) is 24.3. The first-order valence-corrected chi connectivity index (χ1v) is 6.19. The first-order valence-electron chi connectivity index (χ1n) is 6.19. The van der Waals surface area contributed by atoms with Crippen LogP contribution in [0.4, 0.5) is 5.69 Å². The van der Waals surface area contributed by atoms with Gasteiger partial charge in [0, 0.05) is 12.7 Å². The molecule has 1 unspecified atom stereocenters. The number of amides is 1. The third kappa shape index (κ3) is 2.64. The summed E-state index contributed by atoms with van der Waals surface area (Å²) < 4.78 is 0. The fraction of sp³-hybridized carbons (Fsp3) is 0.538. The molecule has 0 aromatic carbocycles. The molecule has 4 nitrogen and oxygen atoms in total. The van der Waals surface area contributed by atoms with Crippen LogP contribution >= 0.6 is 0 Å². The molecule has 1 aromatic heterocycles. The zero-order valence-corrected chi connectivity index (χ0v) is 10.2. The molecule has 0 radical (unpaired) electrons. The molecule has 1 aromatic rings. The summed E-state index contributed by atoms with van der Waals surface area (Å²) in [6.07, 6.45) is 6.27. The van der Waals surface area contributed by atoms with Crippen LogP contribution in [0.1, 0.15) is 26.2 Å². The standard InChI is InChI=1S/C13H19N3O/c1-2-13(6-4-8-15-10-13)12(17)16-11-5-3-7-14-9-11/h3,5,7,9,15H,2,4,6,8,10H2,1H3,(H,16,17). The number of hydrogen-bond acceptors (Lipinski definition) is 3. The van der Waals surface area contributed by atoms with Gasteiger partial charge in [0.25, 0.3) is 0 Å². The predicted molar refractivity (Wildman–Crippen MR) is 67.7 cm³/mol. The molecule has 92 valence electrons. The SMILES string of the molecule is CCC1(C(=O)Nc2cccnc2)CCCNC1. The van der Waals surface area contributed by atoms with E-state index in [1.54, 1.807) is 12.4 Å². The van der Waals surface area contributed by atoms with Gasteiger partial charge in [-0.15, -0.1) is 0 Å². The maximum atomic E-state index is 12.3. The maximum Gasteiger partial charge on any atom is 0.231 e. The van der Waals surface area contributed by atoms with Crippen molar-refractivity contribution in [2.75, 3.05) is 18.4 Å². The number of hydrogen-bond donors (Lipinski definition) is 2. The van der Waals surface area contributed by atoms with Crippen molar-refractivity contribution in [2.24, 2.45) is 5.41 Å². The van der Waals surface area contributed by atoms with Crippen LogP contribution in [0.3, 0.4) is 0 Å². The molecule has 1 amide bonds. The first kappa shape index (κ1) is 12.0. The van der Waals surface area contributed by atoms with Crippen molar-refractivity contribution in [3.63, 3.8) is 0 Å². The minimum Gasteiger partial charge on any atom is -0.324 e. The van der Waals surface area contributed by atoms with E-state index < -0.39 is 0 Å². The van der Waals surface area contributed by atoms with Crippen molar-refractivity contribution < 1.29 is 4.79 Å². The molecule has 1 aliphatic rings. The molecule has 2 rings (SSSR count). The van der Waals surface area contributed by atoms with Gasteiger partial charge in [0.1, 0.15) is 0 Å². The van der Waals surface area contributed by atoms with Gasteiger partial charge in [-0.3, -0.25) is 9.78 Å². The van der Waals surface area contributed by atoms with Gasteiger partial charge in [0.05, 0.1) is 17.3 Å². The van der Waals surface area contributed by atoms with E-state index in [9.17, 15) is 4.79 Å². The summed E-state index contributed by atoms with van der Waals surface area (Å²) in [4.78, 5) is 16.3. The number of nitrogens with zero attached hydrogens (tertiary/aromatic N) is 1. The third-order valence-electron chi connectivity index (χ3n) is 3.55. The van der Waals surface area contributed by atoms with E-state index in [2.05, 4.69) is 22.5 Å². The second-order valence-electron chi connectivity index (χ2n) is 4.61. The minimum absolute atomic E-state index is 0.111. The number of carbonyl (C=O) groups is 1. The van der Waals surface area contributed by atoms with E-state index in [-0.39, 0.29) is 11.3 Å². The highest BCUT2D eigenvalue weighted by atomic mass is 16.2. The highest BCUT2D eigenvalue weighted by Crippen LogP contribution is 2.31. The average molecular weight is 233 g/mol. The summed E-state index contributed by atoms with van der Waals surface area (Å²) in [6.45, 7) is 3.87. The number of rotatable bonds is 3. The smallest absolute Gasteiger partial charge is 0.231 e. The summed E-state index contributed by atoms with van der Waals surface area (Å²) in [5.74, 6) is 0.111. The number of anilines is 1. The second kappa shape index (κ2) is 5.27. The van der Waals surface area contributed by atoms with Crippen LogP contribution in [0, 0.1) is 5.41 Å². The van der Waals surface area contributed by atoms with Crippen LogP contribution in [0.15, 0.2) is 24.5 Å². The first-order chi connectivity index (χ1) is 8.27. The molecule has 17 heavy (non-hydrogen) atoms. The van der Waals surface area contributed by atoms with Gasteiger partial charge in [-0.1, -0.05) is 6.92 Å². The lowest BCUT2D eigenvalue weighted by atomic mass is 9.77. The molecule has 1 aliphatic heterocycles. The summed E-state index contributed by atoms with van der Waals surface area (Å²) in [5, 5.41) is 6.28. The number of pyridine rings is 1. The number of aromatic nitrogens is 1. The van der Waals surface area contributed by atoms with Crippen LogP contribution in [-0.4, -0.2) is 24.0 Å². The molecule has 0 aliphatic carbocycles. The Bertz CT molecular complexity index is 372. The van der Waals surface area contributed by atoms with Crippen molar-refractivity contribution in [3.05, 3.63) is 24.5 Å². The molecule has 1 fully saturated rings. The van der Waals surface area contributed by atoms with E-state index in [1.807, 2.05) is 12.1 Å². The lowest BCUT2D eigenvalue weighted by molar-refractivity contribution is -0.126. The van der Waals surface area contributed by atoms with E-state index in [4.69, 9.17) is 0 Å².